The number of halogens is 2. The van der Waals surface area contributed by atoms with Crippen molar-refractivity contribution in [2.45, 2.75) is 6.42 Å². The number of hydrogen-bond donors (Lipinski definition) is 0. The lowest BCUT2D eigenvalue weighted by atomic mass is 10.2. The summed E-state index contributed by atoms with van der Waals surface area (Å²) in [6.45, 7) is 0.475. The molecule has 1 heterocycles. The Balaban J connectivity index is 2.06. The number of hydrogen-bond acceptors (Lipinski definition) is 3. The molecule has 94 valence electrons. The Bertz CT molecular complexity index is 538. The van der Waals surface area contributed by atoms with E-state index in [4.69, 9.17) is 27.9 Å². The van der Waals surface area contributed by atoms with E-state index in [1.807, 2.05) is 17.5 Å². The third-order valence-electron chi connectivity index (χ3n) is 2.34. The topological polar surface area (TPSA) is 26.3 Å². The van der Waals surface area contributed by atoms with Crippen LogP contribution in [-0.4, -0.2) is 12.9 Å². The summed E-state index contributed by atoms with van der Waals surface area (Å²) >= 11 is 13.5. The number of rotatable bonds is 5. The molecule has 0 aliphatic heterocycles. The summed E-state index contributed by atoms with van der Waals surface area (Å²) in [5, 5.41) is 2.80. The molecule has 0 spiro atoms. The average Bonchev–Trinajstić information content (AvgIpc) is 2.84. The first-order valence-corrected chi connectivity index (χ1v) is 6.93. The van der Waals surface area contributed by atoms with Crippen LogP contribution >= 0.6 is 34.5 Å². The Morgan fingerprint density at radius 2 is 2.17 bits per heavy atom. The van der Waals surface area contributed by atoms with Crippen LogP contribution in [0.1, 0.15) is 15.2 Å². The molecule has 0 aliphatic rings. The van der Waals surface area contributed by atoms with Gasteiger partial charge in [0.25, 0.3) is 0 Å². The molecular weight excluding hydrogens is 291 g/mol. The summed E-state index contributed by atoms with van der Waals surface area (Å²) in [5.74, 6) is 0.396. The van der Waals surface area contributed by atoms with Crippen molar-refractivity contribution < 1.29 is 9.53 Å². The zero-order valence-corrected chi connectivity index (χ0v) is 11.7. The molecule has 18 heavy (non-hydrogen) atoms. The van der Waals surface area contributed by atoms with Gasteiger partial charge in [0.05, 0.1) is 17.2 Å². The van der Waals surface area contributed by atoms with E-state index >= 15 is 0 Å². The van der Waals surface area contributed by atoms with E-state index in [0.717, 1.165) is 6.42 Å². The minimum atomic E-state index is 0.357. The Morgan fingerprint density at radius 1 is 1.33 bits per heavy atom. The molecule has 0 N–H and O–H groups in total. The van der Waals surface area contributed by atoms with Gasteiger partial charge in [-0.25, -0.2) is 0 Å². The van der Waals surface area contributed by atoms with Gasteiger partial charge in [0.2, 0.25) is 0 Å². The highest BCUT2D eigenvalue weighted by Gasteiger charge is 2.10. The zero-order valence-electron chi connectivity index (χ0n) is 9.36. The number of carbonyl (C=O) groups excluding carboxylic acids is 1. The van der Waals surface area contributed by atoms with Crippen molar-refractivity contribution in [1.29, 1.82) is 0 Å². The van der Waals surface area contributed by atoms with Gasteiger partial charge in [-0.05, 0) is 23.6 Å². The fourth-order valence-electron chi connectivity index (χ4n) is 1.53. The second-order valence-corrected chi connectivity index (χ2v) is 5.48. The summed E-state index contributed by atoms with van der Waals surface area (Å²) in [7, 11) is 0. The van der Waals surface area contributed by atoms with Gasteiger partial charge in [-0.3, -0.25) is 4.79 Å². The molecule has 0 fully saturated rings. The van der Waals surface area contributed by atoms with E-state index < -0.39 is 0 Å². The highest BCUT2D eigenvalue weighted by molar-refractivity contribution is 7.09. The average molecular weight is 301 g/mol. The van der Waals surface area contributed by atoms with Crippen LogP contribution in [0.5, 0.6) is 5.75 Å². The monoisotopic (exact) mass is 300 g/mol. The number of thiophene rings is 1. The van der Waals surface area contributed by atoms with Crippen LogP contribution in [0.15, 0.2) is 29.6 Å². The largest absolute Gasteiger partial charge is 0.491 e. The van der Waals surface area contributed by atoms with Crippen LogP contribution < -0.4 is 4.74 Å². The lowest BCUT2D eigenvalue weighted by Gasteiger charge is -2.10. The van der Waals surface area contributed by atoms with Crippen molar-refractivity contribution in [2.24, 2.45) is 0 Å². The molecule has 0 aliphatic carbocycles. The van der Waals surface area contributed by atoms with Gasteiger partial charge in [0.1, 0.15) is 5.75 Å². The quantitative estimate of drug-likeness (QED) is 0.761. The summed E-state index contributed by atoms with van der Waals surface area (Å²) in [4.78, 5) is 12.2. The van der Waals surface area contributed by atoms with Crippen molar-refractivity contribution >= 4 is 40.8 Å². The number of benzene rings is 1. The Morgan fingerprint density at radius 3 is 2.83 bits per heavy atom. The first-order valence-electron chi connectivity index (χ1n) is 5.30. The molecular formula is C13H10Cl2O2S. The minimum Gasteiger partial charge on any atom is -0.491 e. The molecule has 0 saturated carbocycles. The smallest absolute Gasteiger partial charge is 0.153 e. The van der Waals surface area contributed by atoms with Crippen molar-refractivity contribution in [3.8, 4) is 5.75 Å². The van der Waals surface area contributed by atoms with Crippen molar-refractivity contribution in [1.82, 2.24) is 0 Å². The summed E-state index contributed by atoms with van der Waals surface area (Å²) in [5.41, 5.74) is 0.374. The van der Waals surface area contributed by atoms with E-state index in [1.54, 1.807) is 23.5 Å². The minimum absolute atomic E-state index is 0.357. The Kier molecular flexibility index (Phi) is 4.64. The van der Waals surface area contributed by atoms with Gasteiger partial charge < -0.3 is 4.74 Å². The SMILES string of the molecule is O=Cc1cc(Cl)cc(Cl)c1OCCc1cccs1. The van der Waals surface area contributed by atoms with Gasteiger partial charge >= 0.3 is 0 Å². The molecule has 1 aromatic heterocycles. The zero-order chi connectivity index (χ0) is 13.0. The standard InChI is InChI=1S/C13H10Cl2O2S/c14-10-6-9(8-16)13(12(15)7-10)17-4-3-11-2-1-5-18-11/h1-2,5-8H,3-4H2. The molecule has 0 amide bonds. The van der Waals surface area contributed by atoms with Crippen molar-refractivity contribution in [2.75, 3.05) is 6.61 Å². The molecule has 2 aromatic rings. The lowest BCUT2D eigenvalue weighted by Crippen LogP contribution is -2.03. The molecule has 0 unspecified atom stereocenters. The first kappa shape index (κ1) is 13.4. The second kappa shape index (κ2) is 6.23. The summed E-state index contributed by atoms with van der Waals surface area (Å²) < 4.78 is 5.57. The van der Waals surface area contributed by atoms with E-state index in [-0.39, 0.29) is 0 Å². The maximum atomic E-state index is 10.9. The highest BCUT2D eigenvalue weighted by atomic mass is 35.5. The van der Waals surface area contributed by atoms with Crippen molar-refractivity contribution in [3.63, 3.8) is 0 Å². The molecule has 0 bridgehead atoms. The maximum absolute atomic E-state index is 10.9. The first-order chi connectivity index (χ1) is 8.70. The number of aldehydes is 1. The van der Waals surface area contributed by atoms with Crippen LogP contribution in [0.4, 0.5) is 0 Å². The normalized spacial score (nSPS) is 10.3. The van der Waals surface area contributed by atoms with E-state index in [0.29, 0.717) is 34.3 Å². The molecule has 0 saturated heterocycles. The number of ether oxygens (including phenoxy) is 1. The van der Waals surface area contributed by atoms with Gasteiger partial charge in [-0.1, -0.05) is 29.3 Å². The Hall–Kier alpha value is -1.03. The van der Waals surface area contributed by atoms with Crippen LogP contribution in [-0.2, 0) is 6.42 Å². The van der Waals surface area contributed by atoms with Crippen LogP contribution in [0, 0.1) is 0 Å². The molecule has 5 heteroatoms. The van der Waals surface area contributed by atoms with Crippen molar-refractivity contribution in [3.05, 3.63) is 50.1 Å². The predicted molar refractivity (Wildman–Crippen MR) is 75.4 cm³/mol. The van der Waals surface area contributed by atoms with Crippen LogP contribution in [0.2, 0.25) is 10.0 Å². The Labute approximate surface area is 119 Å². The van der Waals surface area contributed by atoms with Gasteiger partial charge in [0.15, 0.2) is 6.29 Å². The fraction of sp³-hybridized carbons (Fsp3) is 0.154. The van der Waals surface area contributed by atoms with Crippen LogP contribution in [0.3, 0.4) is 0 Å². The van der Waals surface area contributed by atoms with Gasteiger partial charge in [-0.2, -0.15) is 0 Å². The third kappa shape index (κ3) is 3.25. The maximum Gasteiger partial charge on any atom is 0.153 e. The summed E-state index contributed by atoms with van der Waals surface area (Å²) in [6, 6.07) is 7.14. The molecule has 0 radical (unpaired) electrons. The fourth-order valence-corrected chi connectivity index (χ4v) is 2.78. The number of carbonyl (C=O) groups is 1. The summed E-state index contributed by atoms with van der Waals surface area (Å²) in [6.07, 6.45) is 1.48. The van der Waals surface area contributed by atoms with E-state index in [9.17, 15) is 4.79 Å². The predicted octanol–water partition coefficient (Wildman–Crippen LogP) is 4.49. The molecule has 1 aromatic carbocycles. The van der Waals surface area contributed by atoms with Crippen LogP contribution in [0.25, 0.3) is 0 Å². The van der Waals surface area contributed by atoms with E-state index in [2.05, 4.69) is 0 Å². The van der Waals surface area contributed by atoms with Gasteiger partial charge in [-0.15, -0.1) is 11.3 Å². The van der Waals surface area contributed by atoms with E-state index in [1.165, 1.54) is 4.88 Å². The van der Waals surface area contributed by atoms with Gasteiger partial charge in [0, 0.05) is 16.3 Å². The third-order valence-corrected chi connectivity index (χ3v) is 3.77. The highest BCUT2D eigenvalue weighted by Crippen LogP contribution is 2.31. The second-order valence-electron chi connectivity index (χ2n) is 3.60. The molecule has 2 rings (SSSR count). The molecule has 0 atom stereocenters. The molecule has 2 nitrogen and oxygen atoms in total. The lowest BCUT2D eigenvalue weighted by molar-refractivity contribution is 0.111.